The van der Waals surface area contributed by atoms with Crippen molar-refractivity contribution in [1.29, 1.82) is 0 Å². The van der Waals surface area contributed by atoms with Crippen LogP contribution in [0.3, 0.4) is 0 Å². The maximum Gasteiger partial charge on any atom is 0.160 e. The summed E-state index contributed by atoms with van der Waals surface area (Å²) in [5.41, 5.74) is 7.29. The molecular weight excluding hydrogens is 310 g/mol. The van der Waals surface area contributed by atoms with Crippen molar-refractivity contribution in [3.8, 4) is 0 Å². The van der Waals surface area contributed by atoms with E-state index in [-0.39, 0.29) is 5.78 Å². The first kappa shape index (κ1) is 13.1. The highest BCUT2D eigenvalue weighted by Gasteiger charge is 2.02. The molecule has 0 aliphatic heterocycles. The van der Waals surface area contributed by atoms with Gasteiger partial charge in [0.25, 0.3) is 0 Å². The van der Waals surface area contributed by atoms with Crippen LogP contribution in [-0.4, -0.2) is 5.78 Å². The Bertz CT molecular complexity index is 572. The predicted molar refractivity (Wildman–Crippen MR) is 80.6 cm³/mol. The molecule has 0 atom stereocenters. The van der Waals surface area contributed by atoms with E-state index >= 15 is 0 Å². The van der Waals surface area contributed by atoms with Gasteiger partial charge in [0, 0.05) is 17.0 Å². The maximum absolute atomic E-state index is 11.7. The lowest BCUT2D eigenvalue weighted by molar-refractivity contribution is -0.113. The van der Waals surface area contributed by atoms with Crippen LogP contribution >= 0.6 is 27.3 Å². The molecule has 0 aliphatic carbocycles. The van der Waals surface area contributed by atoms with Crippen LogP contribution in [0.1, 0.15) is 10.4 Å². The third-order valence-corrected chi connectivity index (χ3v) is 4.00. The SMILES string of the molecule is Nc1ccc(/C=C/C(=O)Cc2ccc(Br)s2)cc1. The van der Waals surface area contributed by atoms with E-state index in [0.29, 0.717) is 6.42 Å². The van der Waals surface area contributed by atoms with Crippen molar-refractivity contribution in [2.45, 2.75) is 6.42 Å². The normalized spacial score (nSPS) is 10.9. The molecule has 1 heterocycles. The van der Waals surface area contributed by atoms with E-state index in [2.05, 4.69) is 15.9 Å². The molecule has 1 aromatic heterocycles. The van der Waals surface area contributed by atoms with Gasteiger partial charge in [0.05, 0.1) is 3.79 Å². The van der Waals surface area contributed by atoms with Gasteiger partial charge in [-0.2, -0.15) is 0 Å². The van der Waals surface area contributed by atoms with Gasteiger partial charge in [0.2, 0.25) is 0 Å². The lowest BCUT2D eigenvalue weighted by Gasteiger charge is -1.95. The van der Waals surface area contributed by atoms with Crippen molar-refractivity contribution in [2.24, 2.45) is 0 Å². The van der Waals surface area contributed by atoms with Gasteiger partial charge in [-0.05, 0) is 51.8 Å². The Kier molecular flexibility index (Phi) is 4.33. The standard InChI is InChI=1S/C14H12BrNOS/c15-14-8-7-13(18-14)9-12(17)6-3-10-1-4-11(16)5-2-10/h1-8H,9,16H2/b6-3+. The number of benzene rings is 1. The molecule has 0 fully saturated rings. The molecule has 0 aliphatic rings. The molecule has 0 bridgehead atoms. The average Bonchev–Trinajstić information content (AvgIpc) is 2.74. The van der Waals surface area contributed by atoms with Gasteiger partial charge in [-0.3, -0.25) is 4.79 Å². The molecule has 2 aromatic rings. The van der Waals surface area contributed by atoms with Crippen molar-refractivity contribution in [2.75, 3.05) is 5.73 Å². The number of carbonyl (C=O) groups excluding carboxylic acids is 1. The Morgan fingerprint density at radius 1 is 1.22 bits per heavy atom. The molecule has 0 amide bonds. The lowest BCUT2D eigenvalue weighted by atomic mass is 10.1. The number of anilines is 1. The van der Waals surface area contributed by atoms with Crippen LogP contribution in [0, 0.1) is 0 Å². The third kappa shape index (κ3) is 3.82. The predicted octanol–water partition coefficient (Wildman–Crippen LogP) is 3.92. The van der Waals surface area contributed by atoms with Crippen LogP contribution in [-0.2, 0) is 11.2 Å². The van der Waals surface area contributed by atoms with Gasteiger partial charge >= 0.3 is 0 Å². The van der Waals surface area contributed by atoms with E-state index in [4.69, 9.17) is 5.73 Å². The van der Waals surface area contributed by atoms with E-state index in [0.717, 1.165) is 19.9 Å². The first-order chi connectivity index (χ1) is 8.63. The van der Waals surface area contributed by atoms with Gasteiger partial charge < -0.3 is 5.73 Å². The zero-order chi connectivity index (χ0) is 13.0. The summed E-state index contributed by atoms with van der Waals surface area (Å²) in [4.78, 5) is 12.8. The van der Waals surface area contributed by atoms with Crippen LogP contribution in [0.2, 0.25) is 0 Å². The smallest absolute Gasteiger partial charge is 0.160 e. The molecule has 0 saturated heterocycles. The summed E-state index contributed by atoms with van der Waals surface area (Å²) in [6, 6.07) is 11.3. The first-order valence-corrected chi connectivity index (χ1v) is 7.05. The van der Waals surface area contributed by atoms with Gasteiger partial charge in [-0.15, -0.1) is 11.3 Å². The highest BCUT2D eigenvalue weighted by atomic mass is 79.9. The van der Waals surface area contributed by atoms with Gasteiger partial charge in [-0.1, -0.05) is 18.2 Å². The minimum absolute atomic E-state index is 0.0983. The second kappa shape index (κ2) is 5.98. The van der Waals surface area contributed by atoms with Crippen molar-refractivity contribution >= 4 is 44.8 Å². The molecule has 1 aromatic carbocycles. The Balaban J connectivity index is 1.96. The second-order valence-electron chi connectivity index (χ2n) is 3.85. The molecule has 2 nitrogen and oxygen atoms in total. The quantitative estimate of drug-likeness (QED) is 0.685. The fraction of sp³-hybridized carbons (Fsp3) is 0.0714. The van der Waals surface area contributed by atoms with Crippen molar-refractivity contribution in [3.63, 3.8) is 0 Å². The number of ketones is 1. The Morgan fingerprint density at radius 3 is 2.56 bits per heavy atom. The number of hydrogen-bond donors (Lipinski definition) is 1. The second-order valence-corrected chi connectivity index (χ2v) is 6.40. The summed E-state index contributed by atoms with van der Waals surface area (Å²) in [5, 5.41) is 0. The summed E-state index contributed by atoms with van der Waals surface area (Å²) >= 11 is 4.97. The van der Waals surface area contributed by atoms with E-state index in [1.807, 2.05) is 42.5 Å². The van der Waals surface area contributed by atoms with Crippen molar-refractivity contribution < 1.29 is 4.79 Å². The molecule has 92 valence electrons. The van der Waals surface area contributed by atoms with Gasteiger partial charge in [0.1, 0.15) is 0 Å². The minimum Gasteiger partial charge on any atom is -0.399 e. The number of halogens is 1. The van der Waals surface area contributed by atoms with Crippen LogP contribution in [0.15, 0.2) is 46.3 Å². The van der Waals surface area contributed by atoms with E-state index in [1.54, 1.807) is 17.4 Å². The topological polar surface area (TPSA) is 43.1 Å². The highest BCUT2D eigenvalue weighted by molar-refractivity contribution is 9.11. The number of thiophene rings is 1. The minimum atomic E-state index is 0.0983. The zero-order valence-corrected chi connectivity index (χ0v) is 12.0. The summed E-state index contributed by atoms with van der Waals surface area (Å²) < 4.78 is 1.05. The van der Waals surface area contributed by atoms with Crippen molar-refractivity contribution in [3.05, 3.63) is 56.7 Å². The molecule has 4 heteroatoms. The van der Waals surface area contributed by atoms with E-state index in [9.17, 15) is 4.79 Å². The fourth-order valence-electron chi connectivity index (χ4n) is 1.47. The fourth-order valence-corrected chi connectivity index (χ4v) is 2.97. The van der Waals surface area contributed by atoms with Crippen LogP contribution in [0.5, 0.6) is 0 Å². The molecule has 0 radical (unpaired) electrons. The number of nitrogen functional groups attached to an aromatic ring is 1. The third-order valence-electron chi connectivity index (χ3n) is 2.38. The number of nitrogens with two attached hydrogens (primary N) is 1. The molecule has 18 heavy (non-hydrogen) atoms. The number of carbonyl (C=O) groups is 1. The zero-order valence-electron chi connectivity index (χ0n) is 9.60. The van der Waals surface area contributed by atoms with Gasteiger partial charge in [0.15, 0.2) is 5.78 Å². The molecular formula is C14H12BrNOS. The summed E-state index contributed by atoms with van der Waals surface area (Å²) in [5.74, 6) is 0.0983. The maximum atomic E-state index is 11.7. The Hall–Kier alpha value is -1.39. The first-order valence-electron chi connectivity index (χ1n) is 5.44. The van der Waals surface area contributed by atoms with Crippen LogP contribution < -0.4 is 5.73 Å². The average molecular weight is 322 g/mol. The molecule has 2 rings (SSSR count). The van der Waals surface area contributed by atoms with Crippen molar-refractivity contribution in [1.82, 2.24) is 0 Å². The van der Waals surface area contributed by atoms with E-state index in [1.165, 1.54) is 0 Å². The highest BCUT2D eigenvalue weighted by Crippen LogP contribution is 2.22. The van der Waals surface area contributed by atoms with Gasteiger partial charge in [-0.25, -0.2) is 0 Å². The monoisotopic (exact) mass is 321 g/mol. The largest absolute Gasteiger partial charge is 0.399 e. The number of hydrogen-bond acceptors (Lipinski definition) is 3. The summed E-state index contributed by atoms with van der Waals surface area (Å²) in [7, 11) is 0. The summed E-state index contributed by atoms with van der Waals surface area (Å²) in [6.07, 6.45) is 3.87. The Labute approximate surface area is 118 Å². The molecule has 0 spiro atoms. The molecule has 2 N–H and O–H groups in total. The Morgan fingerprint density at radius 2 is 1.94 bits per heavy atom. The van der Waals surface area contributed by atoms with Crippen LogP contribution in [0.4, 0.5) is 5.69 Å². The molecule has 0 saturated carbocycles. The summed E-state index contributed by atoms with van der Waals surface area (Å²) in [6.45, 7) is 0. The number of rotatable bonds is 4. The molecule has 0 unspecified atom stereocenters. The number of allylic oxidation sites excluding steroid dienone is 1. The van der Waals surface area contributed by atoms with Crippen LogP contribution in [0.25, 0.3) is 6.08 Å². The van der Waals surface area contributed by atoms with E-state index < -0.39 is 0 Å². The lowest BCUT2D eigenvalue weighted by Crippen LogP contribution is -1.95.